The fourth-order valence-corrected chi connectivity index (χ4v) is 5.26. The van der Waals surface area contributed by atoms with Crippen LogP contribution in [0, 0.1) is 13.8 Å². The van der Waals surface area contributed by atoms with Gasteiger partial charge in [0.1, 0.15) is 11.8 Å². The highest BCUT2D eigenvalue weighted by Gasteiger charge is 2.32. The lowest BCUT2D eigenvalue weighted by molar-refractivity contribution is -0.141. The smallest absolute Gasteiger partial charge is 0.243 e. The van der Waals surface area contributed by atoms with E-state index in [9.17, 15) is 9.59 Å². The third-order valence-electron chi connectivity index (χ3n) is 7.64. The van der Waals surface area contributed by atoms with Crippen molar-refractivity contribution in [1.82, 2.24) is 10.2 Å². The molecule has 0 saturated heterocycles. The number of aryl methyl sites for hydroxylation is 2. The van der Waals surface area contributed by atoms with Crippen LogP contribution in [0.1, 0.15) is 59.9 Å². The number of carbonyl (C=O) groups excluding carboxylic acids is 2. The molecule has 38 heavy (non-hydrogen) atoms. The van der Waals surface area contributed by atoms with E-state index in [1.807, 2.05) is 60.7 Å². The quantitative estimate of drug-likeness (QED) is 0.366. The van der Waals surface area contributed by atoms with Gasteiger partial charge in [-0.05, 0) is 66.6 Å². The minimum Gasteiger partial charge on any atom is -0.497 e. The first kappa shape index (κ1) is 27.4. The normalized spacial score (nSPS) is 14.5. The van der Waals surface area contributed by atoms with Gasteiger partial charge in [0.15, 0.2) is 0 Å². The molecule has 0 radical (unpaired) electrons. The highest BCUT2D eigenvalue weighted by atomic mass is 16.5. The summed E-state index contributed by atoms with van der Waals surface area (Å²) in [6, 6.07) is 23.4. The lowest BCUT2D eigenvalue weighted by Crippen LogP contribution is -2.53. The Morgan fingerprint density at radius 3 is 2.32 bits per heavy atom. The fourth-order valence-electron chi connectivity index (χ4n) is 5.26. The molecular weight excluding hydrogens is 472 g/mol. The number of ether oxygens (including phenoxy) is 1. The third kappa shape index (κ3) is 7.47. The summed E-state index contributed by atoms with van der Waals surface area (Å²) in [4.78, 5) is 29.7. The average molecular weight is 513 g/mol. The summed E-state index contributed by atoms with van der Waals surface area (Å²) in [6.45, 7) is 4.46. The highest BCUT2D eigenvalue weighted by molar-refractivity contribution is 5.89. The summed E-state index contributed by atoms with van der Waals surface area (Å²) in [6.07, 6.45) is 6.18. The Morgan fingerprint density at radius 2 is 1.61 bits per heavy atom. The topological polar surface area (TPSA) is 58.6 Å². The molecule has 1 aliphatic carbocycles. The predicted octanol–water partition coefficient (Wildman–Crippen LogP) is 5.94. The molecule has 1 fully saturated rings. The Balaban J connectivity index is 1.67. The predicted molar refractivity (Wildman–Crippen MR) is 152 cm³/mol. The highest BCUT2D eigenvalue weighted by Crippen LogP contribution is 2.22. The minimum absolute atomic E-state index is 0.0594. The van der Waals surface area contributed by atoms with Gasteiger partial charge in [-0.2, -0.15) is 0 Å². The lowest BCUT2D eigenvalue weighted by atomic mass is 9.94. The molecule has 1 N–H and O–H groups in total. The van der Waals surface area contributed by atoms with Crippen molar-refractivity contribution in [2.24, 2.45) is 0 Å². The number of nitrogens with zero attached hydrogens (tertiary/aromatic N) is 1. The van der Waals surface area contributed by atoms with Crippen LogP contribution in [-0.2, 0) is 29.0 Å². The van der Waals surface area contributed by atoms with Crippen molar-refractivity contribution in [2.45, 2.75) is 77.4 Å². The Hall–Kier alpha value is -3.60. The number of hydrogen-bond acceptors (Lipinski definition) is 3. The molecular formula is C33H40N2O3. The SMILES string of the molecule is COc1cccc(CN(C(=O)Cc2ccc(C)c(C)c2)C(Cc2ccccc2)C(=O)NC2CCCCC2)c1. The van der Waals surface area contributed by atoms with Crippen LogP contribution >= 0.6 is 0 Å². The van der Waals surface area contributed by atoms with Crippen molar-refractivity contribution in [3.8, 4) is 5.75 Å². The van der Waals surface area contributed by atoms with Gasteiger partial charge in [-0.25, -0.2) is 0 Å². The Kier molecular flexibility index (Phi) is 9.58. The molecule has 2 amide bonds. The molecule has 1 atom stereocenters. The van der Waals surface area contributed by atoms with Gasteiger partial charge in [0.2, 0.25) is 11.8 Å². The molecule has 3 aromatic rings. The summed E-state index contributed by atoms with van der Waals surface area (Å²) in [7, 11) is 1.64. The van der Waals surface area contributed by atoms with Crippen LogP contribution in [0.2, 0.25) is 0 Å². The molecule has 200 valence electrons. The first-order valence-electron chi connectivity index (χ1n) is 13.8. The Morgan fingerprint density at radius 1 is 0.868 bits per heavy atom. The van der Waals surface area contributed by atoms with Crippen molar-refractivity contribution in [1.29, 1.82) is 0 Å². The van der Waals surface area contributed by atoms with Crippen LogP contribution in [0.15, 0.2) is 72.8 Å². The zero-order valence-electron chi connectivity index (χ0n) is 22.9. The van der Waals surface area contributed by atoms with Crippen LogP contribution in [0.25, 0.3) is 0 Å². The van der Waals surface area contributed by atoms with E-state index >= 15 is 0 Å². The summed E-state index contributed by atoms with van der Waals surface area (Å²) >= 11 is 0. The van der Waals surface area contributed by atoms with Crippen molar-refractivity contribution >= 4 is 11.8 Å². The van der Waals surface area contributed by atoms with Gasteiger partial charge in [-0.3, -0.25) is 9.59 Å². The minimum atomic E-state index is -0.621. The molecule has 1 saturated carbocycles. The molecule has 5 heteroatoms. The molecule has 4 rings (SSSR count). The number of amides is 2. The number of benzene rings is 3. The lowest BCUT2D eigenvalue weighted by Gasteiger charge is -2.33. The Labute approximate surface area is 227 Å². The van der Waals surface area contributed by atoms with Crippen molar-refractivity contribution in [3.05, 3.63) is 101 Å². The van der Waals surface area contributed by atoms with Crippen LogP contribution in [-0.4, -0.2) is 35.9 Å². The van der Waals surface area contributed by atoms with E-state index in [1.54, 1.807) is 12.0 Å². The van der Waals surface area contributed by atoms with Gasteiger partial charge in [0.05, 0.1) is 13.5 Å². The molecule has 0 heterocycles. The third-order valence-corrected chi connectivity index (χ3v) is 7.64. The van der Waals surface area contributed by atoms with Crippen molar-refractivity contribution in [3.63, 3.8) is 0 Å². The molecule has 3 aromatic carbocycles. The largest absolute Gasteiger partial charge is 0.497 e. The second-order valence-corrected chi connectivity index (χ2v) is 10.5. The maximum atomic E-state index is 14.0. The fraction of sp³-hybridized carbons (Fsp3) is 0.394. The van der Waals surface area contributed by atoms with E-state index in [1.165, 1.54) is 12.0 Å². The van der Waals surface area contributed by atoms with Crippen LogP contribution in [0.5, 0.6) is 5.75 Å². The van der Waals surface area contributed by atoms with E-state index in [-0.39, 0.29) is 24.3 Å². The number of nitrogens with one attached hydrogen (secondary N) is 1. The van der Waals surface area contributed by atoms with Crippen molar-refractivity contribution < 1.29 is 14.3 Å². The molecule has 0 spiro atoms. The molecule has 0 bridgehead atoms. The second kappa shape index (κ2) is 13.3. The van der Waals surface area contributed by atoms with E-state index in [2.05, 4.69) is 31.3 Å². The summed E-state index contributed by atoms with van der Waals surface area (Å²) < 4.78 is 5.44. The monoisotopic (exact) mass is 512 g/mol. The van der Waals surface area contributed by atoms with E-state index in [0.717, 1.165) is 53.7 Å². The maximum Gasteiger partial charge on any atom is 0.243 e. The molecule has 0 aromatic heterocycles. The summed E-state index contributed by atoms with van der Waals surface area (Å²) in [5.41, 5.74) is 5.28. The van der Waals surface area contributed by atoms with Crippen LogP contribution in [0.4, 0.5) is 0 Å². The zero-order valence-corrected chi connectivity index (χ0v) is 22.9. The van der Waals surface area contributed by atoms with E-state index in [4.69, 9.17) is 4.74 Å². The zero-order chi connectivity index (χ0) is 26.9. The summed E-state index contributed by atoms with van der Waals surface area (Å²) in [5, 5.41) is 3.31. The van der Waals surface area contributed by atoms with Crippen LogP contribution in [0.3, 0.4) is 0 Å². The second-order valence-electron chi connectivity index (χ2n) is 10.5. The molecule has 1 aliphatic rings. The van der Waals surface area contributed by atoms with Crippen molar-refractivity contribution in [2.75, 3.05) is 7.11 Å². The molecule has 0 aliphatic heterocycles. The number of rotatable bonds is 10. The molecule has 5 nitrogen and oxygen atoms in total. The van der Waals surface area contributed by atoms with E-state index < -0.39 is 6.04 Å². The Bertz CT molecular complexity index is 1220. The van der Waals surface area contributed by atoms with Gasteiger partial charge in [0, 0.05) is 19.0 Å². The average Bonchev–Trinajstić information content (AvgIpc) is 2.94. The summed E-state index contributed by atoms with van der Waals surface area (Å²) in [5.74, 6) is 0.600. The standard InChI is InChI=1S/C33H40N2O3/c1-24-17-18-27(19-25(24)2)22-32(36)35(23-28-13-10-16-30(20-28)38-3)31(21-26-11-6-4-7-12-26)33(37)34-29-14-8-5-9-15-29/h4,6-7,10-13,16-20,29,31H,5,8-9,14-15,21-23H2,1-3H3,(H,34,37). The van der Waals surface area contributed by atoms with Gasteiger partial charge in [-0.15, -0.1) is 0 Å². The van der Waals surface area contributed by atoms with Gasteiger partial charge < -0.3 is 15.0 Å². The van der Waals surface area contributed by atoms with Crippen LogP contribution < -0.4 is 10.1 Å². The van der Waals surface area contributed by atoms with E-state index in [0.29, 0.717) is 13.0 Å². The number of methoxy groups -OCH3 is 1. The first-order valence-corrected chi connectivity index (χ1v) is 13.8. The van der Waals surface area contributed by atoms with Gasteiger partial charge in [-0.1, -0.05) is 79.9 Å². The maximum absolute atomic E-state index is 14.0. The first-order chi connectivity index (χ1) is 18.4. The number of hydrogen-bond donors (Lipinski definition) is 1. The number of carbonyl (C=O) groups is 2. The molecule has 1 unspecified atom stereocenters. The van der Waals surface area contributed by atoms with Gasteiger partial charge >= 0.3 is 0 Å². The van der Waals surface area contributed by atoms with Gasteiger partial charge in [0.25, 0.3) is 0 Å².